The molecule has 1 amide bonds. The van der Waals surface area contributed by atoms with Gasteiger partial charge in [0.2, 0.25) is 0 Å². The van der Waals surface area contributed by atoms with Crippen LogP contribution in [0.2, 0.25) is 0 Å². The number of benzene rings is 1. The van der Waals surface area contributed by atoms with E-state index in [-0.39, 0.29) is 11.9 Å². The first-order valence-electron chi connectivity index (χ1n) is 5.95. The Balaban J connectivity index is 2.27. The second-order valence-corrected chi connectivity index (χ2v) is 4.38. The Morgan fingerprint density at radius 1 is 1.56 bits per heavy atom. The van der Waals surface area contributed by atoms with Gasteiger partial charge in [-0.05, 0) is 25.1 Å². The third kappa shape index (κ3) is 2.41. The molecular formula is C13H18N2O3. The number of morpholine rings is 1. The maximum Gasteiger partial charge on any atom is 0.256 e. The fourth-order valence-corrected chi connectivity index (χ4v) is 2.03. The first-order chi connectivity index (χ1) is 8.63. The molecule has 1 heterocycles. The van der Waals surface area contributed by atoms with Gasteiger partial charge in [0, 0.05) is 12.2 Å². The molecule has 1 fully saturated rings. The number of methoxy groups -OCH3 is 1. The standard InChI is InChI=1S/C13H18N2O3/c1-9-8-18-6-5-15(9)13(16)11-7-10(17-2)3-4-12(11)14/h3-4,7,9H,5-6,8,14H2,1-2H3/t9-/m1/s1. The lowest BCUT2D eigenvalue weighted by Crippen LogP contribution is -2.47. The summed E-state index contributed by atoms with van der Waals surface area (Å²) in [5.41, 5.74) is 6.82. The highest BCUT2D eigenvalue weighted by atomic mass is 16.5. The third-order valence-corrected chi connectivity index (χ3v) is 3.12. The van der Waals surface area contributed by atoms with Crippen LogP contribution < -0.4 is 10.5 Å². The van der Waals surface area contributed by atoms with Gasteiger partial charge in [-0.2, -0.15) is 0 Å². The van der Waals surface area contributed by atoms with Crippen LogP contribution in [0.25, 0.3) is 0 Å². The molecule has 0 bridgehead atoms. The second-order valence-electron chi connectivity index (χ2n) is 4.38. The summed E-state index contributed by atoms with van der Waals surface area (Å²) in [5.74, 6) is 0.565. The van der Waals surface area contributed by atoms with E-state index in [1.165, 1.54) is 0 Å². The van der Waals surface area contributed by atoms with Gasteiger partial charge >= 0.3 is 0 Å². The van der Waals surface area contributed by atoms with Crippen molar-refractivity contribution in [2.24, 2.45) is 0 Å². The minimum atomic E-state index is -0.0674. The Bertz CT molecular complexity index is 448. The van der Waals surface area contributed by atoms with Gasteiger partial charge in [0.15, 0.2) is 0 Å². The Labute approximate surface area is 106 Å². The summed E-state index contributed by atoms with van der Waals surface area (Å²) in [7, 11) is 1.57. The first kappa shape index (κ1) is 12.7. The molecule has 18 heavy (non-hydrogen) atoms. The normalized spacial score (nSPS) is 19.7. The number of anilines is 1. The van der Waals surface area contributed by atoms with Crippen molar-refractivity contribution in [3.8, 4) is 5.75 Å². The summed E-state index contributed by atoms with van der Waals surface area (Å²) in [6.07, 6.45) is 0. The summed E-state index contributed by atoms with van der Waals surface area (Å²) in [4.78, 5) is 14.2. The van der Waals surface area contributed by atoms with Gasteiger partial charge in [-0.1, -0.05) is 0 Å². The smallest absolute Gasteiger partial charge is 0.256 e. The molecule has 0 saturated carbocycles. The van der Waals surface area contributed by atoms with E-state index in [0.29, 0.717) is 36.8 Å². The van der Waals surface area contributed by atoms with Crippen molar-refractivity contribution in [2.75, 3.05) is 32.6 Å². The minimum absolute atomic E-state index is 0.0665. The van der Waals surface area contributed by atoms with Crippen LogP contribution in [0.3, 0.4) is 0 Å². The van der Waals surface area contributed by atoms with Crippen molar-refractivity contribution >= 4 is 11.6 Å². The van der Waals surface area contributed by atoms with Crippen LogP contribution in [0, 0.1) is 0 Å². The maximum absolute atomic E-state index is 12.4. The van der Waals surface area contributed by atoms with Gasteiger partial charge in [-0.25, -0.2) is 0 Å². The van der Waals surface area contributed by atoms with Crippen molar-refractivity contribution in [1.29, 1.82) is 0 Å². The number of carbonyl (C=O) groups is 1. The zero-order chi connectivity index (χ0) is 13.1. The molecule has 0 radical (unpaired) electrons. The molecule has 1 aromatic rings. The number of hydrogen-bond donors (Lipinski definition) is 1. The summed E-state index contributed by atoms with van der Waals surface area (Å²) in [6.45, 7) is 3.69. The minimum Gasteiger partial charge on any atom is -0.497 e. The Morgan fingerprint density at radius 3 is 3.00 bits per heavy atom. The van der Waals surface area contributed by atoms with E-state index in [1.807, 2.05) is 6.92 Å². The Kier molecular flexibility index (Phi) is 3.72. The maximum atomic E-state index is 12.4. The molecule has 2 N–H and O–H groups in total. The predicted octanol–water partition coefficient (Wildman–Crippen LogP) is 1.14. The number of ether oxygens (including phenoxy) is 2. The lowest BCUT2D eigenvalue weighted by molar-refractivity contribution is 0.00364. The number of hydrogen-bond acceptors (Lipinski definition) is 4. The van der Waals surface area contributed by atoms with Crippen molar-refractivity contribution in [1.82, 2.24) is 4.90 Å². The topological polar surface area (TPSA) is 64.8 Å². The molecule has 5 nitrogen and oxygen atoms in total. The van der Waals surface area contributed by atoms with E-state index in [4.69, 9.17) is 15.2 Å². The van der Waals surface area contributed by atoms with Crippen LogP contribution >= 0.6 is 0 Å². The van der Waals surface area contributed by atoms with Crippen LogP contribution in [0.1, 0.15) is 17.3 Å². The fraction of sp³-hybridized carbons (Fsp3) is 0.462. The third-order valence-electron chi connectivity index (χ3n) is 3.12. The van der Waals surface area contributed by atoms with Crippen LogP contribution in [0.4, 0.5) is 5.69 Å². The highest BCUT2D eigenvalue weighted by Crippen LogP contribution is 2.22. The average molecular weight is 250 g/mol. The Hall–Kier alpha value is -1.75. The number of rotatable bonds is 2. The Morgan fingerprint density at radius 2 is 2.33 bits per heavy atom. The zero-order valence-corrected chi connectivity index (χ0v) is 10.7. The van der Waals surface area contributed by atoms with Crippen molar-refractivity contribution in [2.45, 2.75) is 13.0 Å². The lowest BCUT2D eigenvalue weighted by Gasteiger charge is -2.33. The summed E-state index contributed by atoms with van der Waals surface area (Å²) >= 11 is 0. The number of nitrogens with zero attached hydrogens (tertiary/aromatic N) is 1. The summed E-state index contributed by atoms with van der Waals surface area (Å²) in [6, 6.07) is 5.18. The number of amides is 1. The molecule has 2 rings (SSSR count). The van der Waals surface area contributed by atoms with Crippen LogP contribution in [-0.4, -0.2) is 43.7 Å². The number of nitrogens with two attached hydrogens (primary N) is 1. The molecule has 1 aromatic carbocycles. The molecule has 0 aliphatic carbocycles. The molecular weight excluding hydrogens is 232 g/mol. The average Bonchev–Trinajstić information content (AvgIpc) is 2.39. The molecule has 5 heteroatoms. The first-order valence-corrected chi connectivity index (χ1v) is 5.95. The molecule has 98 valence electrons. The number of carbonyl (C=O) groups excluding carboxylic acids is 1. The van der Waals surface area contributed by atoms with Crippen LogP contribution in [-0.2, 0) is 4.74 Å². The number of nitrogen functional groups attached to an aromatic ring is 1. The van der Waals surface area contributed by atoms with Crippen LogP contribution in [0.5, 0.6) is 5.75 Å². The van der Waals surface area contributed by atoms with Crippen molar-refractivity contribution in [3.63, 3.8) is 0 Å². The monoisotopic (exact) mass is 250 g/mol. The zero-order valence-electron chi connectivity index (χ0n) is 10.7. The second kappa shape index (κ2) is 5.27. The molecule has 0 spiro atoms. The van der Waals surface area contributed by atoms with E-state index < -0.39 is 0 Å². The van der Waals surface area contributed by atoms with E-state index in [1.54, 1.807) is 30.2 Å². The van der Waals surface area contributed by atoms with Crippen LogP contribution in [0.15, 0.2) is 18.2 Å². The van der Waals surface area contributed by atoms with Gasteiger partial charge in [0.25, 0.3) is 5.91 Å². The van der Waals surface area contributed by atoms with Gasteiger partial charge in [-0.15, -0.1) is 0 Å². The van der Waals surface area contributed by atoms with Crippen molar-refractivity contribution < 1.29 is 14.3 Å². The quantitative estimate of drug-likeness (QED) is 0.799. The van der Waals surface area contributed by atoms with Gasteiger partial charge < -0.3 is 20.1 Å². The van der Waals surface area contributed by atoms with E-state index in [0.717, 1.165) is 0 Å². The van der Waals surface area contributed by atoms with Gasteiger partial charge in [0.1, 0.15) is 5.75 Å². The van der Waals surface area contributed by atoms with E-state index >= 15 is 0 Å². The lowest BCUT2D eigenvalue weighted by atomic mass is 10.1. The largest absolute Gasteiger partial charge is 0.497 e. The SMILES string of the molecule is COc1ccc(N)c(C(=O)N2CCOC[C@H]2C)c1. The van der Waals surface area contributed by atoms with E-state index in [9.17, 15) is 4.79 Å². The summed E-state index contributed by atoms with van der Waals surface area (Å²) < 4.78 is 10.4. The van der Waals surface area contributed by atoms with Gasteiger partial charge in [-0.3, -0.25) is 4.79 Å². The summed E-state index contributed by atoms with van der Waals surface area (Å²) in [5, 5.41) is 0. The molecule has 1 aliphatic heterocycles. The van der Waals surface area contributed by atoms with Crippen molar-refractivity contribution in [3.05, 3.63) is 23.8 Å². The highest BCUT2D eigenvalue weighted by Gasteiger charge is 2.26. The molecule has 1 saturated heterocycles. The molecule has 1 aliphatic rings. The highest BCUT2D eigenvalue weighted by molar-refractivity contribution is 5.99. The predicted molar refractivity (Wildman–Crippen MR) is 68.7 cm³/mol. The molecule has 0 aromatic heterocycles. The molecule has 1 atom stereocenters. The molecule has 0 unspecified atom stereocenters. The fourth-order valence-electron chi connectivity index (χ4n) is 2.03. The van der Waals surface area contributed by atoms with E-state index in [2.05, 4.69) is 0 Å². The van der Waals surface area contributed by atoms with Gasteiger partial charge in [0.05, 0.1) is 31.9 Å².